The molecule has 0 spiro atoms. The van der Waals surface area contributed by atoms with Crippen molar-refractivity contribution >= 4 is 11.8 Å². The number of rotatable bonds is 6. The molecular weight excluding hydrogens is 302 g/mol. The van der Waals surface area contributed by atoms with Gasteiger partial charge < -0.3 is 10.2 Å². The number of anilines is 2. The lowest BCUT2D eigenvalue weighted by Crippen LogP contribution is -2.48. The number of piperazine rings is 1. The largest absolute Gasteiger partial charge is 0.369 e. The van der Waals surface area contributed by atoms with Crippen molar-refractivity contribution in [3.05, 3.63) is 36.5 Å². The van der Waals surface area contributed by atoms with E-state index >= 15 is 0 Å². The Morgan fingerprint density at radius 1 is 1.00 bits per heavy atom. The molecule has 1 aliphatic heterocycles. The molecule has 1 N–H and O–H groups in total. The average Bonchev–Trinajstić information content (AvgIpc) is 3.49. The number of nitrogens with zero attached hydrogens (tertiary/aromatic N) is 6. The summed E-state index contributed by atoms with van der Waals surface area (Å²) in [4.78, 5) is 22.3. The Morgan fingerprint density at radius 2 is 1.79 bits per heavy atom. The molecule has 0 amide bonds. The van der Waals surface area contributed by atoms with Crippen LogP contribution in [-0.4, -0.2) is 64.1 Å². The predicted molar refractivity (Wildman–Crippen MR) is 93.2 cm³/mol. The molecule has 7 heteroatoms. The SMILES string of the molecule is c1cnc(N2CCN(CCNc3ccnc(C4CC4)n3)CC2)nc1. The van der Waals surface area contributed by atoms with E-state index in [9.17, 15) is 0 Å². The summed E-state index contributed by atoms with van der Waals surface area (Å²) in [7, 11) is 0. The van der Waals surface area contributed by atoms with E-state index in [0.29, 0.717) is 5.92 Å². The molecule has 4 rings (SSSR count). The van der Waals surface area contributed by atoms with Crippen LogP contribution in [0.5, 0.6) is 0 Å². The molecule has 1 aliphatic carbocycles. The maximum Gasteiger partial charge on any atom is 0.225 e. The maximum absolute atomic E-state index is 4.60. The first kappa shape index (κ1) is 15.3. The van der Waals surface area contributed by atoms with Gasteiger partial charge in [0, 0.05) is 63.8 Å². The number of hydrogen-bond donors (Lipinski definition) is 1. The normalized spacial score (nSPS) is 18.6. The Labute approximate surface area is 142 Å². The van der Waals surface area contributed by atoms with Crippen molar-refractivity contribution in [3.63, 3.8) is 0 Å². The topological polar surface area (TPSA) is 70.1 Å². The van der Waals surface area contributed by atoms with Crippen LogP contribution in [-0.2, 0) is 0 Å². The molecule has 3 heterocycles. The van der Waals surface area contributed by atoms with Crippen LogP contribution in [0.2, 0.25) is 0 Å². The Morgan fingerprint density at radius 3 is 2.54 bits per heavy atom. The van der Waals surface area contributed by atoms with Gasteiger partial charge in [-0.1, -0.05) is 0 Å². The van der Waals surface area contributed by atoms with Crippen LogP contribution >= 0.6 is 0 Å². The lowest BCUT2D eigenvalue weighted by atomic mass is 10.3. The van der Waals surface area contributed by atoms with Crippen LogP contribution in [0.25, 0.3) is 0 Å². The highest BCUT2D eigenvalue weighted by molar-refractivity contribution is 5.34. The van der Waals surface area contributed by atoms with Gasteiger partial charge in [0.05, 0.1) is 0 Å². The fourth-order valence-electron chi connectivity index (χ4n) is 2.98. The summed E-state index contributed by atoms with van der Waals surface area (Å²) in [5.74, 6) is 3.38. The third-order valence-corrected chi connectivity index (χ3v) is 4.56. The van der Waals surface area contributed by atoms with Gasteiger partial charge in [-0.15, -0.1) is 0 Å². The maximum atomic E-state index is 4.60. The lowest BCUT2D eigenvalue weighted by molar-refractivity contribution is 0.266. The van der Waals surface area contributed by atoms with Gasteiger partial charge in [0.2, 0.25) is 5.95 Å². The molecule has 2 aromatic heterocycles. The van der Waals surface area contributed by atoms with Crippen LogP contribution in [0.4, 0.5) is 11.8 Å². The third kappa shape index (κ3) is 3.79. The summed E-state index contributed by atoms with van der Waals surface area (Å²) >= 11 is 0. The first-order valence-electron chi connectivity index (χ1n) is 8.69. The van der Waals surface area contributed by atoms with Crippen molar-refractivity contribution in [2.45, 2.75) is 18.8 Å². The Bertz CT molecular complexity index is 651. The van der Waals surface area contributed by atoms with Crippen LogP contribution in [0.1, 0.15) is 24.6 Å². The zero-order valence-electron chi connectivity index (χ0n) is 13.8. The summed E-state index contributed by atoms with van der Waals surface area (Å²) in [6, 6.07) is 3.81. The zero-order chi connectivity index (χ0) is 16.2. The minimum absolute atomic E-state index is 0.597. The van der Waals surface area contributed by atoms with Crippen LogP contribution in [0.3, 0.4) is 0 Å². The summed E-state index contributed by atoms with van der Waals surface area (Å²) in [5, 5.41) is 3.43. The highest BCUT2D eigenvalue weighted by Crippen LogP contribution is 2.37. The molecule has 126 valence electrons. The van der Waals surface area contributed by atoms with E-state index in [1.807, 2.05) is 18.3 Å². The minimum Gasteiger partial charge on any atom is -0.369 e. The second kappa shape index (κ2) is 7.09. The standard InChI is InChI=1S/C17H23N7/c1-5-20-17(21-6-1)24-12-10-23(11-13-24)9-8-18-15-4-7-19-16(22-15)14-2-3-14/h1,4-7,14H,2-3,8-13H2,(H,18,19,22). The Hall–Kier alpha value is -2.28. The van der Waals surface area contributed by atoms with Gasteiger partial charge in [-0.3, -0.25) is 4.90 Å². The van der Waals surface area contributed by atoms with Gasteiger partial charge in [0.15, 0.2) is 0 Å². The van der Waals surface area contributed by atoms with E-state index in [1.165, 1.54) is 12.8 Å². The monoisotopic (exact) mass is 325 g/mol. The van der Waals surface area contributed by atoms with Gasteiger partial charge in [-0.2, -0.15) is 0 Å². The fraction of sp³-hybridized carbons (Fsp3) is 0.529. The van der Waals surface area contributed by atoms with E-state index in [0.717, 1.165) is 56.9 Å². The van der Waals surface area contributed by atoms with Crippen molar-refractivity contribution in [2.24, 2.45) is 0 Å². The summed E-state index contributed by atoms with van der Waals surface area (Å²) in [6.07, 6.45) is 7.94. The summed E-state index contributed by atoms with van der Waals surface area (Å²) in [6.45, 7) is 5.95. The van der Waals surface area contributed by atoms with Crippen molar-refractivity contribution < 1.29 is 0 Å². The molecule has 24 heavy (non-hydrogen) atoms. The average molecular weight is 325 g/mol. The molecule has 1 saturated heterocycles. The smallest absolute Gasteiger partial charge is 0.225 e. The van der Waals surface area contributed by atoms with Crippen LogP contribution < -0.4 is 10.2 Å². The Balaban J connectivity index is 1.21. The number of hydrogen-bond acceptors (Lipinski definition) is 7. The minimum atomic E-state index is 0.597. The molecule has 2 fully saturated rings. The second-order valence-electron chi connectivity index (χ2n) is 6.38. The molecule has 0 aromatic carbocycles. The van der Waals surface area contributed by atoms with Gasteiger partial charge in [0.1, 0.15) is 11.6 Å². The van der Waals surface area contributed by atoms with Gasteiger partial charge in [-0.05, 0) is 25.0 Å². The van der Waals surface area contributed by atoms with E-state index in [-0.39, 0.29) is 0 Å². The zero-order valence-corrected chi connectivity index (χ0v) is 13.8. The second-order valence-corrected chi connectivity index (χ2v) is 6.38. The highest BCUT2D eigenvalue weighted by atomic mass is 15.3. The third-order valence-electron chi connectivity index (χ3n) is 4.56. The molecular formula is C17H23N7. The van der Waals surface area contributed by atoms with Crippen molar-refractivity contribution in [1.82, 2.24) is 24.8 Å². The van der Waals surface area contributed by atoms with Crippen molar-refractivity contribution in [3.8, 4) is 0 Å². The molecule has 0 radical (unpaired) electrons. The Kier molecular flexibility index (Phi) is 4.51. The van der Waals surface area contributed by atoms with Crippen molar-refractivity contribution in [1.29, 1.82) is 0 Å². The van der Waals surface area contributed by atoms with E-state index < -0.39 is 0 Å². The van der Waals surface area contributed by atoms with Gasteiger partial charge in [0.25, 0.3) is 0 Å². The molecule has 0 bridgehead atoms. The van der Waals surface area contributed by atoms with Crippen molar-refractivity contribution in [2.75, 3.05) is 49.5 Å². The van der Waals surface area contributed by atoms with E-state index in [1.54, 1.807) is 12.4 Å². The molecule has 1 saturated carbocycles. The lowest BCUT2D eigenvalue weighted by Gasteiger charge is -2.34. The fourth-order valence-corrected chi connectivity index (χ4v) is 2.98. The highest BCUT2D eigenvalue weighted by Gasteiger charge is 2.26. The predicted octanol–water partition coefficient (Wildman–Crippen LogP) is 1.38. The van der Waals surface area contributed by atoms with E-state index in [4.69, 9.17) is 0 Å². The summed E-state index contributed by atoms with van der Waals surface area (Å²) in [5.41, 5.74) is 0. The van der Waals surface area contributed by atoms with Crippen LogP contribution in [0, 0.1) is 0 Å². The molecule has 7 nitrogen and oxygen atoms in total. The van der Waals surface area contributed by atoms with E-state index in [2.05, 4.69) is 35.1 Å². The first-order valence-corrected chi connectivity index (χ1v) is 8.69. The summed E-state index contributed by atoms with van der Waals surface area (Å²) < 4.78 is 0. The molecule has 2 aromatic rings. The molecule has 0 atom stereocenters. The number of nitrogens with one attached hydrogen (secondary N) is 1. The van der Waals surface area contributed by atoms with Crippen LogP contribution in [0.15, 0.2) is 30.7 Å². The number of aromatic nitrogens is 4. The molecule has 2 aliphatic rings. The van der Waals surface area contributed by atoms with Gasteiger partial charge in [-0.25, -0.2) is 19.9 Å². The quantitative estimate of drug-likeness (QED) is 0.860. The molecule has 0 unspecified atom stereocenters. The first-order chi connectivity index (χ1) is 11.9. The van der Waals surface area contributed by atoms with Gasteiger partial charge >= 0.3 is 0 Å².